The number of carbonyl (C=O) groups excluding carboxylic acids is 1. The number of hydrazone groups is 1. The lowest BCUT2D eigenvalue weighted by molar-refractivity contribution is 0.0955. The van der Waals surface area contributed by atoms with E-state index in [-0.39, 0.29) is 5.91 Å². The lowest BCUT2D eigenvalue weighted by Gasteiger charge is -2.12. The van der Waals surface area contributed by atoms with E-state index in [0.717, 1.165) is 19.0 Å². The average Bonchev–Trinajstić information content (AvgIpc) is 3.19. The van der Waals surface area contributed by atoms with Crippen molar-refractivity contribution in [3.63, 3.8) is 0 Å². The Bertz CT molecular complexity index is 628. The number of carbonyl (C=O) groups is 1. The quantitative estimate of drug-likeness (QED) is 0.693. The molecule has 1 aliphatic heterocycles. The third-order valence-corrected chi connectivity index (χ3v) is 3.42. The van der Waals surface area contributed by atoms with Gasteiger partial charge in [-0.15, -0.1) is 0 Å². The van der Waals surface area contributed by atoms with Crippen LogP contribution >= 0.6 is 0 Å². The van der Waals surface area contributed by atoms with E-state index in [1.165, 1.54) is 19.1 Å². The van der Waals surface area contributed by atoms with Crippen LogP contribution in [0.1, 0.15) is 29.0 Å². The summed E-state index contributed by atoms with van der Waals surface area (Å²) in [4.78, 5) is 14.0. The first-order valence-electron chi connectivity index (χ1n) is 7.06. The second-order valence-corrected chi connectivity index (χ2v) is 4.94. The third kappa shape index (κ3) is 3.31. The van der Waals surface area contributed by atoms with Crippen LogP contribution in [0.5, 0.6) is 0 Å². The average molecular weight is 283 g/mol. The van der Waals surface area contributed by atoms with Crippen molar-refractivity contribution in [2.45, 2.75) is 12.8 Å². The van der Waals surface area contributed by atoms with E-state index in [2.05, 4.69) is 15.4 Å². The van der Waals surface area contributed by atoms with E-state index in [9.17, 15) is 4.79 Å². The molecule has 0 unspecified atom stereocenters. The van der Waals surface area contributed by atoms with Crippen molar-refractivity contribution in [3.8, 4) is 0 Å². The minimum absolute atomic E-state index is 0.238. The molecule has 0 spiro atoms. The van der Waals surface area contributed by atoms with Crippen molar-refractivity contribution in [1.82, 2.24) is 5.43 Å². The highest BCUT2D eigenvalue weighted by Crippen LogP contribution is 2.21. The van der Waals surface area contributed by atoms with Gasteiger partial charge in [-0.05, 0) is 31.0 Å². The fourth-order valence-corrected chi connectivity index (χ4v) is 2.33. The van der Waals surface area contributed by atoms with Crippen molar-refractivity contribution in [3.05, 3.63) is 53.8 Å². The molecule has 1 aliphatic rings. The summed E-state index contributed by atoms with van der Waals surface area (Å²) in [6.07, 6.45) is 3.93. The number of hydrogen-bond donors (Lipinski definition) is 1. The summed E-state index contributed by atoms with van der Waals surface area (Å²) in [7, 11) is 0. The SMILES string of the molecule is O=C(N/N=C\c1ccc(N2CCCC2)o1)c1ccccc1. The van der Waals surface area contributed by atoms with Gasteiger partial charge in [-0.1, -0.05) is 18.2 Å². The normalized spacial score (nSPS) is 14.8. The molecule has 1 fully saturated rings. The molecule has 0 aliphatic carbocycles. The van der Waals surface area contributed by atoms with Crippen molar-refractivity contribution >= 4 is 18.0 Å². The van der Waals surface area contributed by atoms with Gasteiger partial charge in [-0.3, -0.25) is 4.79 Å². The molecule has 21 heavy (non-hydrogen) atoms. The van der Waals surface area contributed by atoms with Gasteiger partial charge >= 0.3 is 0 Å². The molecular formula is C16H17N3O2. The maximum Gasteiger partial charge on any atom is 0.271 e. The molecular weight excluding hydrogens is 266 g/mol. The van der Waals surface area contributed by atoms with Crippen molar-refractivity contribution < 1.29 is 9.21 Å². The predicted octanol–water partition coefficient (Wildman–Crippen LogP) is 2.64. The zero-order valence-corrected chi connectivity index (χ0v) is 11.7. The maximum absolute atomic E-state index is 11.8. The summed E-state index contributed by atoms with van der Waals surface area (Å²) in [5.41, 5.74) is 3.06. The molecule has 0 bridgehead atoms. The van der Waals surface area contributed by atoms with E-state index >= 15 is 0 Å². The Labute approximate surface area is 123 Å². The van der Waals surface area contributed by atoms with E-state index in [4.69, 9.17) is 4.42 Å². The first-order valence-corrected chi connectivity index (χ1v) is 7.06. The summed E-state index contributed by atoms with van der Waals surface area (Å²) in [5, 5.41) is 3.92. The zero-order valence-electron chi connectivity index (χ0n) is 11.7. The van der Waals surface area contributed by atoms with Crippen molar-refractivity contribution in [1.29, 1.82) is 0 Å². The van der Waals surface area contributed by atoms with Crippen LogP contribution in [0.3, 0.4) is 0 Å². The van der Waals surface area contributed by atoms with Crippen LogP contribution in [0.25, 0.3) is 0 Å². The maximum atomic E-state index is 11.8. The smallest absolute Gasteiger partial charge is 0.271 e. The number of benzene rings is 1. The molecule has 0 atom stereocenters. The Morgan fingerprint density at radius 2 is 1.90 bits per heavy atom. The number of anilines is 1. The minimum atomic E-state index is -0.238. The Morgan fingerprint density at radius 3 is 2.67 bits per heavy atom. The lowest BCUT2D eigenvalue weighted by Crippen LogP contribution is -2.17. The van der Waals surface area contributed by atoms with Crippen LogP contribution in [-0.4, -0.2) is 25.2 Å². The number of amides is 1. The summed E-state index contributed by atoms with van der Waals surface area (Å²) < 4.78 is 5.68. The van der Waals surface area contributed by atoms with Crippen LogP contribution < -0.4 is 10.3 Å². The standard InChI is InChI=1S/C16H17N3O2/c20-16(13-6-2-1-3-7-13)18-17-12-14-8-9-15(21-14)19-10-4-5-11-19/h1-3,6-9,12H,4-5,10-11H2,(H,18,20)/b17-12-. The molecule has 5 nitrogen and oxygen atoms in total. The monoisotopic (exact) mass is 283 g/mol. The summed E-state index contributed by atoms with van der Waals surface area (Å²) in [6, 6.07) is 12.8. The van der Waals surface area contributed by atoms with Crippen LogP contribution in [-0.2, 0) is 0 Å². The van der Waals surface area contributed by atoms with Crippen molar-refractivity contribution in [2.75, 3.05) is 18.0 Å². The molecule has 3 rings (SSSR count). The molecule has 1 aromatic carbocycles. The van der Waals surface area contributed by atoms with Gasteiger partial charge in [0.1, 0.15) is 5.76 Å². The first kappa shape index (κ1) is 13.4. The summed E-state index contributed by atoms with van der Waals surface area (Å²) in [6.45, 7) is 2.07. The van der Waals surface area contributed by atoms with Crippen LogP contribution in [0, 0.1) is 0 Å². The Morgan fingerprint density at radius 1 is 1.14 bits per heavy atom. The molecule has 1 amide bonds. The second-order valence-electron chi connectivity index (χ2n) is 4.94. The van der Waals surface area contributed by atoms with Gasteiger partial charge < -0.3 is 9.32 Å². The van der Waals surface area contributed by atoms with Crippen LogP contribution in [0.4, 0.5) is 5.88 Å². The highest BCUT2D eigenvalue weighted by molar-refractivity contribution is 5.94. The highest BCUT2D eigenvalue weighted by atomic mass is 16.4. The minimum Gasteiger partial charge on any atom is -0.440 e. The molecule has 2 heterocycles. The van der Waals surface area contributed by atoms with E-state index < -0.39 is 0 Å². The molecule has 1 saturated heterocycles. The fraction of sp³-hybridized carbons (Fsp3) is 0.250. The van der Waals surface area contributed by atoms with Crippen LogP contribution in [0.2, 0.25) is 0 Å². The number of nitrogens with zero attached hydrogens (tertiary/aromatic N) is 2. The molecule has 5 heteroatoms. The predicted molar refractivity (Wildman–Crippen MR) is 81.7 cm³/mol. The van der Waals surface area contributed by atoms with Gasteiger partial charge in [0.25, 0.3) is 5.91 Å². The van der Waals surface area contributed by atoms with E-state index in [0.29, 0.717) is 11.3 Å². The second kappa shape index (κ2) is 6.26. The number of rotatable bonds is 4. The molecule has 0 radical (unpaired) electrons. The van der Waals surface area contributed by atoms with E-state index in [1.54, 1.807) is 12.1 Å². The first-order chi connectivity index (χ1) is 10.3. The van der Waals surface area contributed by atoms with Gasteiger partial charge in [0.05, 0.1) is 6.21 Å². The van der Waals surface area contributed by atoms with E-state index in [1.807, 2.05) is 30.3 Å². The van der Waals surface area contributed by atoms with Gasteiger partial charge in [0, 0.05) is 24.7 Å². The fourth-order valence-electron chi connectivity index (χ4n) is 2.33. The van der Waals surface area contributed by atoms with Gasteiger partial charge in [-0.25, -0.2) is 5.43 Å². The molecule has 108 valence electrons. The largest absolute Gasteiger partial charge is 0.440 e. The number of nitrogens with one attached hydrogen (secondary N) is 1. The molecule has 1 N–H and O–H groups in total. The number of hydrogen-bond acceptors (Lipinski definition) is 4. The summed E-state index contributed by atoms with van der Waals surface area (Å²) >= 11 is 0. The van der Waals surface area contributed by atoms with Gasteiger partial charge in [-0.2, -0.15) is 5.10 Å². The topological polar surface area (TPSA) is 57.8 Å². The highest BCUT2D eigenvalue weighted by Gasteiger charge is 2.15. The van der Waals surface area contributed by atoms with Gasteiger partial charge in [0.2, 0.25) is 0 Å². The lowest BCUT2D eigenvalue weighted by atomic mass is 10.2. The zero-order chi connectivity index (χ0) is 14.5. The Kier molecular flexibility index (Phi) is 4.00. The molecule has 2 aromatic rings. The van der Waals surface area contributed by atoms with Crippen molar-refractivity contribution in [2.24, 2.45) is 5.10 Å². The molecule has 1 aromatic heterocycles. The Balaban J connectivity index is 1.58. The van der Waals surface area contributed by atoms with Crippen LogP contribution in [0.15, 0.2) is 52.0 Å². The summed E-state index contributed by atoms with van der Waals surface area (Å²) in [5.74, 6) is 1.26. The molecule has 0 saturated carbocycles. The van der Waals surface area contributed by atoms with Gasteiger partial charge in [0.15, 0.2) is 5.88 Å². The third-order valence-electron chi connectivity index (χ3n) is 3.42. The Hall–Kier alpha value is -2.56. The number of furan rings is 1.